The Kier molecular flexibility index (Phi) is 6.61. The lowest BCUT2D eigenvalue weighted by molar-refractivity contribution is -0.118. The third-order valence-corrected chi connectivity index (χ3v) is 6.68. The van der Waals surface area contributed by atoms with Gasteiger partial charge in [-0.25, -0.2) is 4.79 Å². The summed E-state index contributed by atoms with van der Waals surface area (Å²) in [6, 6.07) is 12.2. The number of carbonyl (C=O) groups excluding carboxylic acids is 2. The van der Waals surface area contributed by atoms with Gasteiger partial charge in [0.1, 0.15) is 16.3 Å². The first-order chi connectivity index (χ1) is 15.5. The second kappa shape index (κ2) is 9.57. The molecule has 166 valence electrons. The highest BCUT2D eigenvalue weighted by molar-refractivity contribution is 7.15. The van der Waals surface area contributed by atoms with Crippen molar-refractivity contribution in [1.82, 2.24) is 0 Å². The number of thiophene rings is 1. The number of ether oxygens (including phenoxy) is 2. The lowest BCUT2D eigenvalue weighted by Crippen LogP contribution is -2.21. The molecule has 0 bridgehead atoms. The van der Waals surface area contributed by atoms with Gasteiger partial charge >= 0.3 is 5.97 Å². The summed E-state index contributed by atoms with van der Waals surface area (Å²) < 4.78 is 10.7. The van der Waals surface area contributed by atoms with Crippen molar-refractivity contribution in [2.45, 2.75) is 39.5 Å². The summed E-state index contributed by atoms with van der Waals surface area (Å²) in [6.45, 7) is 3.81. The Labute approximate surface area is 192 Å². The first kappa shape index (κ1) is 22.1. The molecule has 6 heteroatoms. The number of hydrogen-bond donors (Lipinski definition) is 1. The van der Waals surface area contributed by atoms with Gasteiger partial charge in [-0.3, -0.25) is 4.79 Å². The molecule has 1 amide bonds. The molecule has 0 spiro atoms. The van der Waals surface area contributed by atoms with E-state index in [1.54, 1.807) is 0 Å². The average molecular weight is 450 g/mol. The fourth-order valence-corrected chi connectivity index (χ4v) is 5.11. The zero-order valence-electron chi connectivity index (χ0n) is 18.6. The Morgan fingerprint density at radius 1 is 1.03 bits per heavy atom. The van der Waals surface area contributed by atoms with E-state index in [-0.39, 0.29) is 12.5 Å². The predicted molar refractivity (Wildman–Crippen MR) is 128 cm³/mol. The molecule has 0 fully saturated rings. The zero-order chi connectivity index (χ0) is 22.7. The fraction of sp³-hybridized carbons (Fsp3) is 0.308. The molecule has 0 saturated heterocycles. The number of methoxy groups -OCH3 is 1. The van der Waals surface area contributed by atoms with E-state index in [4.69, 9.17) is 9.47 Å². The van der Waals surface area contributed by atoms with Crippen molar-refractivity contribution in [2.75, 3.05) is 19.0 Å². The van der Waals surface area contributed by atoms with Gasteiger partial charge in [0.15, 0.2) is 6.61 Å². The van der Waals surface area contributed by atoms with Crippen molar-refractivity contribution in [3.05, 3.63) is 69.6 Å². The smallest absolute Gasteiger partial charge is 0.341 e. The maximum atomic E-state index is 12.6. The van der Waals surface area contributed by atoms with Crippen LogP contribution in [0.3, 0.4) is 0 Å². The van der Waals surface area contributed by atoms with Gasteiger partial charge < -0.3 is 14.8 Å². The minimum Gasteiger partial charge on any atom is -0.483 e. The van der Waals surface area contributed by atoms with Crippen LogP contribution in [0.5, 0.6) is 5.75 Å². The molecule has 32 heavy (non-hydrogen) atoms. The number of amides is 1. The Bertz CT molecular complexity index is 1160. The van der Waals surface area contributed by atoms with Gasteiger partial charge in [-0.05, 0) is 67.9 Å². The molecule has 0 saturated carbocycles. The lowest BCUT2D eigenvalue weighted by atomic mass is 9.89. The molecule has 0 atom stereocenters. The summed E-state index contributed by atoms with van der Waals surface area (Å²) in [4.78, 5) is 25.2. The van der Waals surface area contributed by atoms with Crippen molar-refractivity contribution in [3.8, 4) is 16.9 Å². The standard InChI is InChI=1S/C26H27NO4S/c1-16-8-11-22(17(2)12-16)31-14-23(28)27-25-24(26(29)30-3)21(15-32-25)20-10-9-18-6-4-5-7-19(18)13-20/h8-13,15H,4-7,14H2,1-3H3,(H,27,28). The highest BCUT2D eigenvalue weighted by Gasteiger charge is 2.23. The summed E-state index contributed by atoms with van der Waals surface area (Å²) >= 11 is 1.32. The molecule has 1 aromatic heterocycles. The van der Waals surface area contributed by atoms with Gasteiger partial charge in [0.2, 0.25) is 0 Å². The van der Waals surface area contributed by atoms with E-state index < -0.39 is 5.97 Å². The van der Waals surface area contributed by atoms with Crippen LogP contribution in [-0.4, -0.2) is 25.6 Å². The SMILES string of the molecule is COC(=O)c1c(-c2ccc3c(c2)CCCC3)csc1NC(=O)COc1ccc(C)cc1C. The molecule has 2 aromatic carbocycles. The topological polar surface area (TPSA) is 64.6 Å². The Balaban J connectivity index is 1.54. The van der Waals surface area contributed by atoms with Crippen molar-refractivity contribution < 1.29 is 19.1 Å². The van der Waals surface area contributed by atoms with Crippen LogP contribution in [0.15, 0.2) is 41.8 Å². The van der Waals surface area contributed by atoms with Crippen LogP contribution in [0.1, 0.15) is 45.5 Å². The number of benzene rings is 2. The third kappa shape index (κ3) is 4.70. The number of rotatable bonds is 6. The summed E-state index contributed by atoms with van der Waals surface area (Å²) in [5, 5.41) is 5.20. The second-order valence-electron chi connectivity index (χ2n) is 8.14. The molecule has 4 rings (SSSR count). The van der Waals surface area contributed by atoms with Gasteiger partial charge in [0.25, 0.3) is 5.91 Å². The minimum atomic E-state index is -0.468. The monoisotopic (exact) mass is 449 g/mol. The maximum absolute atomic E-state index is 12.6. The Hall–Kier alpha value is -3.12. The molecule has 1 aliphatic rings. The van der Waals surface area contributed by atoms with Crippen LogP contribution in [0.4, 0.5) is 5.00 Å². The molecule has 1 heterocycles. The predicted octanol–water partition coefficient (Wildman–Crippen LogP) is 5.71. The van der Waals surface area contributed by atoms with Gasteiger partial charge in [-0.2, -0.15) is 0 Å². The van der Waals surface area contributed by atoms with E-state index in [0.717, 1.165) is 35.1 Å². The number of hydrogen-bond acceptors (Lipinski definition) is 5. The number of anilines is 1. The summed E-state index contributed by atoms with van der Waals surface area (Å²) in [5.74, 6) is -0.126. The van der Waals surface area contributed by atoms with E-state index >= 15 is 0 Å². The quantitative estimate of drug-likeness (QED) is 0.489. The number of fused-ring (bicyclic) bond motifs is 1. The molecule has 1 aliphatic carbocycles. The van der Waals surface area contributed by atoms with Gasteiger partial charge in [0, 0.05) is 10.9 Å². The van der Waals surface area contributed by atoms with E-state index in [2.05, 4.69) is 17.4 Å². The number of nitrogens with one attached hydrogen (secondary N) is 1. The van der Waals surface area contributed by atoms with E-state index in [1.807, 2.05) is 43.5 Å². The van der Waals surface area contributed by atoms with Crippen LogP contribution >= 0.6 is 11.3 Å². The summed E-state index contributed by atoms with van der Waals surface area (Å²) in [5.41, 5.74) is 6.95. The van der Waals surface area contributed by atoms with Gasteiger partial charge in [-0.1, -0.05) is 35.9 Å². The molecule has 5 nitrogen and oxygen atoms in total. The van der Waals surface area contributed by atoms with Crippen LogP contribution in [0.25, 0.3) is 11.1 Å². The maximum Gasteiger partial charge on any atom is 0.341 e. The fourth-order valence-electron chi connectivity index (χ4n) is 4.14. The average Bonchev–Trinajstić information content (AvgIpc) is 3.21. The number of esters is 1. The van der Waals surface area contributed by atoms with Crippen LogP contribution in [0.2, 0.25) is 0 Å². The second-order valence-corrected chi connectivity index (χ2v) is 9.02. The summed E-state index contributed by atoms with van der Waals surface area (Å²) in [6.07, 6.45) is 4.56. The number of carbonyl (C=O) groups is 2. The van der Waals surface area contributed by atoms with Crippen molar-refractivity contribution in [3.63, 3.8) is 0 Å². The van der Waals surface area contributed by atoms with Gasteiger partial charge in [-0.15, -0.1) is 11.3 Å². The molecular weight excluding hydrogens is 422 g/mol. The molecule has 0 aliphatic heterocycles. The highest BCUT2D eigenvalue weighted by Crippen LogP contribution is 2.37. The van der Waals surface area contributed by atoms with Gasteiger partial charge in [0.05, 0.1) is 7.11 Å². The molecule has 1 N–H and O–H groups in total. The van der Waals surface area contributed by atoms with Crippen molar-refractivity contribution >= 4 is 28.2 Å². The molecule has 3 aromatic rings. The van der Waals surface area contributed by atoms with Crippen LogP contribution in [0, 0.1) is 13.8 Å². The van der Waals surface area contributed by atoms with E-state index in [1.165, 1.54) is 42.4 Å². The van der Waals surface area contributed by atoms with E-state index in [9.17, 15) is 9.59 Å². The van der Waals surface area contributed by atoms with Crippen LogP contribution < -0.4 is 10.1 Å². The lowest BCUT2D eigenvalue weighted by Gasteiger charge is -2.16. The normalized spacial score (nSPS) is 12.7. The highest BCUT2D eigenvalue weighted by atomic mass is 32.1. The van der Waals surface area contributed by atoms with Crippen LogP contribution in [-0.2, 0) is 22.4 Å². The van der Waals surface area contributed by atoms with Crippen molar-refractivity contribution in [1.29, 1.82) is 0 Å². The number of aryl methyl sites for hydroxylation is 4. The minimum absolute atomic E-state index is 0.142. The Morgan fingerprint density at radius 2 is 1.81 bits per heavy atom. The molecular formula is C26H27NO4S. The van der Waals surface area contributed by atoms with E-state index in [0.29, 0.717) is 16.3 Å². The zero-order valence-corrected chi connectivity index (χ0v) is 19.4. The first-order valence-electron chi connectivity index (χ1n) is 10.8. The third-order valence-electron chi connectivity index (χ3n) is 5.78. The molecule has 0 radical (unpaired) electrons. The molecule has 0 unspecified atom stereocenters. The first-order valence-corrected chi connectivity index (χ1v) is 11.7. The summed E-state index contributed by atoms with van der Waals surface area (Å²) in [7, 11) is 1.35. The Morgan fingerprint density at radius 3 is 2.56 bits per heavy atom. The largest absolute Gasteiger partial charge is 0.483 e. The van der Waals surface area contributed by atoms with Crippen molar-refractivity contribution in [2.24, 2.45) is 0 Å².